The Hall–Kier alpha value is -5.02. The summed E-state index contributed by atoms with van der Waals surface area (Å²) >= 11 is 0. The zero-order valence-electron chi connectivity index (χ0n) is 39.9. The highest BCUT2D eigenvalue weighted by atomic mass is 15.2. The molecular weight excluding hydrogens is 747 g/mol. The minimum atomic E-state index is 0.0703. The molecule has 0 saturated carbocycles. The van der Waals surface area contributed by atoms with Crippen LogP contribution in [0.5, 0.6) is 0 Å². The number of nitrogens with zero attached hydrogens (tertiary/aromatic N) is 2. The van der Waals surface area contributed by atoms with Crippen LogP contribution < -0.4 is 26.2 Å². The lowest BCUT2D eigenvalue weighted by Gasteiger charge is -2.45. The standard InChI is InChI=1S/C59H65BN2/c1-35-24-51-53-52(25-35)62(48-30-44-41(26-36(48)2)55(5,6)33-58(44,11)12)49-27-38(37-18-16-15-17-19-37)20-23-46(49)60(53)47-29-43-45(59(13,14)34-57(43,9)10)31-50(47)61(51)39-21-22-40-42(28-39)56(7,8)32-54(40,3)4/h15-31H,32-34H2,1-14H3. The van der Waals surface area contributed by atoms with Gasteiger partial charge in [0.1, 0.15) is 0 Å². The van der Waals surface area contributed by atoms with Gasteiger partial charge in [0.15, 0.2) is 0 Å². The minimum Gasteiger partial charge on any atom is -0.311 e. The van der Waals surface area contributed by atoms with Crippen molar-refractivity contribution >= 4 is 57.2 Å². The van der Waals surface area contributed by atoms with Crippen LogP contribution in [0.2, 0.25) is 0 Å². The lowest BCUT2D eigenvalue weighted by atomic mass is 9.33. The molecular formula is C59H65BN2. The first-order valence-corrected chi connectivity index (χ1v) is 23.4. The van der Waals surface area contributed by atoms with Gasteiger partial charge in [-0.3, -0.25) is 0 Å². The molecule has 0 bridgehead atoms. The van der Waals surface area contributed by atoms with Gasteiger partial charge in [-0.15, -0.1) is 0 Å². The topological polar surface area (TPSA) is 6.48 Å². The second-order valence-electron chi connectivity index (χ2n) is 24.2. The fraction of sp³-hybridized carbons (Fsp3) is 0.390. The summed E-state index contributed by atoms with van der Waals surface area (Å²) in [5.74, 6) is 0. The van der Waals surface area contributed by atoms with Crippen molar-refractivity contribution in [1.82, 2.24) is 0 Å². The van der Waals surface area contributed by atoms with Gasteiger partial charge >= 0.3 is 0 Å². The fourth-order valence-corrected chi connectivity index (χ4v) is 14.4. The predicted molar refractivity (Wildman–Crippen MR) is 267 cm³/mol. The Labute approximate surface area is 372 Å². The van der Waals surface area contributed by atoms with E-state index in [0.29, 0.717) is 0 Å². The van der Waals surface area contributed by atoms with Crippen molar-refractivity contribution in [1.29, 1.82) is 0 Å². The number of rotatable bonds is 3. The van der Waals surface area contributed by atoms with Crippen LogP contribution in [0, 0.1) is 13.8 Å². The third-order valence-electron chi connectivity index (χ3n) is 16.3. The fourth-order valence-electron chi connectivity index (χ4n) is 14.4. The van der Waals surface area contributed by atoms with Gasteiger partial charge in [-0.1, -0.05) is 144 Å². The summed E-state index contributed by atoms with van der Waals surface area (Å²) in [6, 6.07) is 41.3. The van der Waals surface area contributed by atoms with Gasteiger partial charge in [0.05, 0.1) is 0 Å². The molecule has 62 heavy (non-hydrogen) atoms. The quantitative estimate of drug-likeness (QED) is 0.164. The molecule has 0 aromatic heterocycles. The molecule has 0 atom stereocenters. The van der Waals surface area contributed by atoms with Crippen molar-refractivity contribution in [2.45, 2.75) is 149 Å². The number of fused-ring (bicyclic) bond motifs is 7. The maximum absolute atomic E-state index is 2.68. The lowest BCUT2D eigenvalue weighted by molar-refractivity contribution is 0.402. The van der Waals surface area contributed by atoms with E-state index in [1.54, 1.807) is 0 Å². The van der Waals surface area contributed by atoms with Crippen molar-refractivity contribution in [3.05, 3.63) is 148 Å². The van der Waals surface area contributed by atoms with E-state index in [9.17, 15) is 0 Å². The largest absolute Gasteiger partial charge is 0.311 e. The van der Waals surface area contributed by atoms with Crippen LogP contribution in [0.15, 0.2) is 103 Å². The maximum Gasteiger partial charge on any atom is 0.252 e. The predicted octanol–water partition coefficient (Wildman–Crippen LogP) is 13.9. The van der Waals surface area contributed by atoms with Crippen LogP contribution in [0.4, 0.5) is 34.1 Å². The maximum atomic E-state index is 2.68. The third kappa shape index (κ3) is 5.48. The SMILES string of the molecule is Cc1cc2c3c(c1)N(c1cc4c(cc1C)C(C)(C)CC4(C)C)c1cc(-c4ccccc4)ccc1B3c1cc3c(cc1N2c1ccc2c(c1)C(C)(C)CC2(C)C)C(C)(C)CC3(C)C. The average Bonchev–Trinajstić information content (AvgIpc) is 3.59. The van der Waals surface area contributed by atoms with Crippen LogP contribution in [0.25, 0.3) is 11.1 Å². The van der Waals surface area contributed by atoms with Gasteiger partial charge in [-0.05, 0) is 180 Å². The molecule has 6 aromatic carbocycles. The van der Waals surface area contributed by atoms with Gasteiger partial charge in [0, 0.05) is 34.1 Å². The summed E-state index contributed by atoms with van der Waals surface area (Å²) in [5.41, 5.74) is 26.7. The molecule has 2 heterocycles. The highest BCUT2D eigenvalue weighted by molar-refractivity contribution is 7.00. The molecule has 0 N–H and O–H groups in total. The van der Waals surface area contributed by atoms with Crippen molar-refractivity contribution < 1.29 is 0 Å². The van der Waals surface area contributed by atoms with Crippen molar-refractivity contribution in [3.8, 4) is 11.1 Å². The van der Waals surface area contributed by atoms with E-state index in [0.717, 1.165) is 19.3 Å². The highest BCUT2D eigenvalue weighted by Gasteiger charge is 2.50. The molecule has 3 aliphatic carbocycles. The van der Waals surface area contributed by atoms with E-state index in [2.05, 4.69) is 210 Å². The van der Waals surface area contributed by atoms with Crippen LogP contribution >= 0.6 is 0 Å². The smallest absolute Gasteiger partial charge is 0.252 e. The first-order chi connectivity index (χ1) is 29.0. The normalized spacial score (nSPS) is 20.6. The molecule has 0 spiro atoms. The van der Waals surface area contributed by atoms with Crippen molar-refractivity contribution in [3.63, 3.8) is 0 Å². The van der Waals surface area contributed by atoms with E-state index in [-0.39, 0.29) is 39.2 Å². The van der Waals surface area contributed by atoms with Crippen LogP contribution in [-0.2, 0) is 32.5 Å². The van der Waals surface area contributed by atoms with E-state index in [4.69, 9.17) is 0 Å². The first-order valence-electron chi connectivity index (χ1n) is 23.4. The Morgan fingerprint density at radius 2 is 0.887 bits per heavy atom. The van der Waals surface area contributed by atoms with Crippen LogP contribution in [-0.4, -0.2) is 6.71 Å². The molecule has 6 aromatic rings. The summed E-state index contributed by atoms with van der Waals surface area (Å²) in [7, 11) is 0. The molecule has 2 nitrogen and oxygen atoms in total. The zero-order chi connectivity index (χ0) is 43.8. The highest BCUT2D eigenvalue weighted by Crippen LogP contribution is 2.56. The third-order valence-corrected chi connectivity index (χ3v) is 16.3. The van der Waals surface area contributed by atoms with Gasteiger partial charge in [0.2, 0.25) is 0 Å². The van der Waals surface area contributed by atoms with Gasteiger partial charge in [-0.25, -0.2) is 0 Å². The summed E-state index contributed by atoms with van der Waals surface area (Å²) in [5, 5.41) is 0. The monoisotopic (exact) mass is 813 g/mol. The number of anilines is 6. The number of aryl methyl sites for hydroxylation is 2. The van der Waals surface area contributed by atoms with E-state index < -0.39 is 0 Å². The van der Waals surface area contributed by atoms with Crippen LogP contribution in [0.1, 0.15) is 147 Å². The van der Waals surface area contributed by atoms with Crippen molar-refractivity contribution in [2.75, 3.05) is 9.80 Å². The summed E-state index contributed by atoms with van der Waals surface area (Å²) in [6.07, 6.45) is 3.43. The van der Waals surface area contributed by atoms with E-state index in [1.165, 1.54) is 106 Å². The summed E-state index contributed by atoms with van der Waals surface area (Å²) in [6.45, 7) is 34.2. The molecule has 0 amide bonds. The van der Waals surface area contributed by atoms with Crippen LogP contribution in [0.3, 0.4) is 0 Å². The first kappa shape index (κ1) is 39.8. The molecule has 2 aliphatic heterocycles. The minimum absolute atomic E-state index is 0.0703. The van der Waals surface area contributed by atoms with Gasteiger partial charge < -0.3 is 9.80 Å². The molecule has 0 fully saturated rings. The van der Waals surface area contributed by atoms with E-state index in [1.807, 2.05) is 0 Å². The average molecular weight is 813 g/mol. The van der Waals surface area contributed by atoms with Gasteiger partial charge in [0.25, 0.3) is 6.71 Å². The summed E-state index contributed by atoms with van der Waals surface area (Å²) < 4.78 is 0. The van der Waals surface area contributed by atoms with Crippen molar-refractivity contribution in [2.24, 2.45) is 0 Å². The second kappa shape index (κ2) is 12.4. The van der Waals surface area contributed by atoms with E-state index >= 15 is 0 Å². The molecule has 314 valence electrons. The molecule has 0 saturated heterocycles. The molecule has 0 radical (unpaired) electrons. The number of hydrogen-bond donors (Lipinski definition) is 0. The second-order valence-corrected chi connectivity index (χ2v) is 24.2. The Morgan fingerprint density at radius 1 is 0.387 bits per heavy atom. The number of benzene rings is 6. The lowest BCUT2D eigenvalue weighted by Crippen LogP contribution is -2.61. The molecule has 5 aliphatic rings. The molecule has 0 unspecified atom stereocenters. The Kier molecular flexibility index (Phi) is 7.94. The Bertz CT molecular complexity index is 2920. The zero-order valence-corrected chi connectivity index (χ0v) is 39.9. The molecule has 3 heteroatoms. The van der Waals surface area contributed by atoms with Gasteiger partial charge in [-0.2, -0.15) is 0 Å². The Balaban J connectivity index is 1.25. The number of hydrogen-bond acceptors (Lipinski definition) is 2. The Morgan fingerprint density at radius 3 is 1.50 bits per heavy atom. The summed E-state index contributed by atoms with van der Waals surface area (Å²) in [4.78, 5) is 5.36. The molecule has 11 rings (SSSR count).